The summed E-state index contributed by atoms with van der Waals surface area (Å²) in [6, 6.07) is 22.1. The molecule has 0 fully saturated rings. The third kappa shape index (κ3) is 4.27. The van der Waals surface area contributed by atoms with Crippen LogP contribution in [0.4, 0.5) is 0 Å². The minimum absolute atomic E-state index is 0.632. The fourth-order valence-corrected chi connectivity index (χ4v) is 4.99. The zero-order valence-corrected chi connectivity index (χ0v) is 17.6. The molecule has 0 bridgehead atoms. The van der Waals surface area contributed by atoms with E-state index in [2.05, 4.69) is 46.9 Å². The first-order valence-corrected chi connectivity index (χ1v) is 10.5. The maximum absolute atomic E-state index is 6.23. The van der Waals surface area contributed by atoms with Gasteiger partial charge in [-0.2, -0.15) is 0 Å². The highest BCUT2D eigenvalue weighted by molar-refractivity contribution is 7.99. The Morgan fingerprint density at radius 3 is 2.32 bits per heavy atom. The Balaban J connectivity index is 1.82. The van der Waals surface area contributed by atoms with Gasteiger partial charge in [-0.25, -0.2) is 4.98 Å². The SMILES string of the molecule is Cc1cn(-c2ccccn2)c(Sc2cc(Cl)cc(Cl)c2)c1Cc1ccccc1. The van der Waals surface area contributed by atoms with E-state index in [4.69, 9.17) is 23.2 Å². The van der Waals surface area contributed by atoms with Gasteiger partial charge >= 0.3 is 0 Å². The number of hydrogen-bond acceptors (Lipinski definition) is 2. The van der Waals surface area contributed by atoms with E-state index in [1.165, 1.54) is 16.7 Å². The van der Waals surface area contributed by atoms with Crippen LogP contribution in [0.5, 0.6) is 0 Å². The molecule has 2 aromatic heterocycles. The third-order valence-electron chi connectivity index (χ3n) is 4.45. The lowest BCUT2D eigenvalue weighted by Gasteiger charge is -2.12. The van der Waals surface area contributed by atoms with Gasteiger partial charge in [0.25, 0.3) is 0 Å². The van der Waals surface area contributed by atoms with Gasteiger partial charge in [-0.1, -0.05) is 71.4 Å². The van der Waals surface area contributed by atoms with Gasteiger partial charge < -0.3 is 0 Å². The summed E-state index contributed by atoms with van der Waals surface area (Å²) in [5, 5.41) is 2.39. The van der Waals surface area contributed by atoms with E-state index in [0.29, 0.717) is 10.0 Å². The van der Waals surface area contributed by atoms with E-state index in [1.807, 2.05) is 42.6 Å². The Morgan fingerprint density at radius 1 is 0.929 bits per heavy atom. The largest absolute Gasteiger partial charge is 0.295 e. The van der Waals surface area contributed by atoms with E-state index < -0.39 is 0 Å². The van der Waals surface area contributed by atoms with E-state index in [1.54, 1.807) is 17.8 Å². The summed E-state index contributed by atoms with van der Waals surface area (Å²) >= 11 is 14.1. The summed E-state index contributed by atoms with van der Waals surface area (Å²) in [4.78, 5) is 5.55. The van der Waals surface area contributed by atoms with Crippen molar-refractivity contribution in [3.05, 3.63) is 106 Å². The summed E-state index contributed by atoms with van der Waals surface area (Å²) in [5.41, 5.74) is 3.78. The van der Waals surface area contributed by atoms with Crippen molar-refractivity contribution in [1.29, 1.82) is 0 Å². The quantitative estimate of drug-likeness (QED) is 0.336. The van der Waals surface area contributed by atoms with Crippen LogP contribution in [0.25, 0.3) is 5.82 Å². The van der Waals surface area contributed by atoms with Crippen LogP contribution in [0.2, 0.25) is 10.0 Å². The molecule has 0 atom stereocenters. The molecule has 4 aromatic rings. The maximum Gasteiger partial charge on any atom is 0.137 e. The van der Waals surface area contributed by atoms with Gasteiger partial charge in [0.2, 0.25) is 0 Å². The second kappa shape index (κ2) is 8.44. The molecule has 0 aliphatic heterocycles. The van der Waals surface area contributed by atoms with Crippen molar-refractivity contribution in [1.82, 2.24) is 9.55 Å². The maximum atomic E-state index is 6.23. The van der Waals surface area contributed by atoms with Gasteiger partial charge in [-0.05, 0) is 53.9 Å². The summed E-state index contributed by atoms with van der Waals surface area (Å²) in [5.74, 6) is 0.889. The second-order valence-electron chi connectivity index (χ2n) is 6.52. The number of aryl methyl sites for hydroxylation is 1. The Labute approximate surface area is 179 Å². The molecule has 0 N–H and O–H groups in total. The molecule has 2 aromatic carbocycles. The highest BCUT2D eigenvalue weighted by atomic mass is 35.5. The molecular weight excluding hydrogens is 407 g/mol. The standard InChI is InChI=1S/C23H18Cl2N2S/c1-16-15-27(22-9-5-6-10-26-22)23(21(16)11-17-7-3-2-4-8-17)28-20-13-18(24)12-19(25)14-20/h2-10,12-15H,11H2,1H3. The van der Waals surface area contributed by atoms with Crippen molar-refractivity contribution in [2.24, 2.45) is 0 Å². The predicted octanol–water partition coefficient (Wildman–Crippen LogP) is 7.23. The van der Waals surface area contributed by atoms with Crippen molar-refractivity contribution in [3.63, 3.8) is 0 Å². The van der Waals surface area contributed by atoms with Crippen LogP contribution in [0.15, 0.2) is 89.0 Å². The fourth-order valence-electron chi connectivity index (χ4n) is 3.14. The van der Waals surface area contributed by atoms with E-state index in [-0.39, 0.29) is 0 Å². The summed E-state index contributed by atoms with van der Waals surface area (Å²) in [6.07, 6.45) is 4.81. The summed E-state index contributed by atoms with van der Waals surface area (Å²) in [7, 11) is 0. The first-order chi connectivity index (χ1) is 13.6. The minimum Gasteiger partial charge on any atom is -0.295 e. The van der Waals surface area contributed by atoms with E-state index in [0.717, 1.165) is 22.2 Å². The molecule has 4 rings (SSSR count). The van der Waals surface area contributed by atoms with Gasteiger partial charge in [-0.3, -0.25) is 4.57 Å². The van der Waals surface area contributed by atoms with Crippen LogP contribution in [0, 0.1) is 6.92 Å². The number of rotatable bonds is 5. The van der Waals surface area contributed by atoms with Crippen molar-refractivity contribution in [3.8, 4) is 5.82 Å². The number of pyridine rings is 1. The van der Waals surface area contributed by atoms with Crippen LogP contribution >= 0.6 is 35.0 Å². The van der Waals surface area contributed by atoms with Crippen molar-refractivity contribution < 1.29 is 0 Å². The van der Waals surface area contributed by atoms with E-state index in [9.17, 15) is 0 Å². The van der Waals surface area contributed by atoms with Crippen LogP contribution in [0.3, 0.4) is 0 Å². The molecule has 0 aliphatic rings. The lowest BCUT2D eigenvalue weighted by Crippen LogP contribution is -1.99. The third-order valence-corrected chi connectivity index (χ3v) is 5.99. The molecular formula is C23H18Cl2N2S. The molecule has 0 amide bonds. The average molecular weight is 425 g/mol. The molecule has 0 spiro atoms. The molecule has 5 heteroatoms. The fraction of sp³-hybridized carbons (Fsp3) is 0.0870. The number of aromatic nitrogens is 2. The van der Waals surface area contributed by atoms with Gasteiger partial charge in [0.05, 0.1) is 5.03 Å². The van der Waals surface area contributed by atoms with Crippen molar-refractivity contribution in [2.45, 2.75) is 23.3 Å². The van der Waals surface area contributed by atoms with Gasteiger partial charge in [-0.15, -0.1) is 0 Å². The normalized spacial score (nSPS) is 11.0. The highest BCUT2D eigenvalue weighted by Crippen LogP contribution is 2.38. The Hall–Kier alpha value is -2.20. The Morgan fingerprint density at radius 2 is 1.64 bits per heavy atom. The zero-order chi connectivity index (χ0) is 19.5. The lowest BCUT2D eigenvalue weighted by atomic mass is 10.1. The zero-order valence-electron chi connectivity index (χ0n) is 15.3. The lowest BCUT2D eigenvalue weighted by molar-refractivity contribution is 0.890. The number of benzene rings is 2. The van der Waals surface area contributed by atoms with Gasteiger partial charge in [0, 0.05) is 33.8 Å². The molecule has 140 valence electrons. The first-order valence-electron chi connectivity index (χ1n) is 8.90. The number of halogens is 2. The molecule has 0 radical (unpaired) electrons. The van der Waals surface area contributed by atoms with Crippen LogP contribution < -0.4 is 0 Å². The van der Waals surface area contributed by atoms with Crippen molar-refractivity contribution >= 4 is 35.0 Å². The average Bonchev–Trinajstić information content (AvgIpc) is 2.98. The molecule has 0 aliphatic carbocycles. The van der Waals surface area contributed by atoms with Gasteiger partial charge in [0.1, 0.15) is 5.82 Å². The summed E-state index contributed by atoms with van der Waals surface area (Å²) in [6.45, 7) is 2.15. The molecule has 2 nitrogen and oxygen atoms in total. The van der Waals surface area contributed by atoms with Crippen molar-refractivity contribution in [2.75, 3.05) is 0 Å². The predicted molar refractivity (Wildman–Crippen MR) is 118 cm³/mol. The van der Waals surface area contributed by atoms with Crippen LogP contribution in [0.1, 0.15) is 16.7 Å². The molecule has 28 heavy (non-hydrogen) atoms. The molecule has 0 saturated heterocycles. The Bertz CT molecular complexity index is 1070. The first kappa shape index (κ1) is 19.1. The monoisotopic (exact) mass is 424 g/mol. The number of hydrogen-bond donors (Lipinski definition) is 0. The van der Waals surface area contributed by atoms with Crippen LogP contribution in [-0.4, -0.2) is 9.55 Å². The van der Waals surface area contributed by atoms with E-state index >= 15 is 0 Å². The Kier molecular flexibility index (Phi) is 5.77. The number of nitrogens with zero attached hydrogens (tertiary/aromatic N) is 2. The molecule has 0 unspecified atom stereocenters. The smallest absolute Gasteiger partial charge is 0.137 e. The van der Waals surface area contributed by atoms with Crippen LogP contribution in [-0.2, 0) is 6.42 Å². The molecule has 0 saturated carbocycles. The van der Waals surface area contributed by atoms with Gasteiger partial charge in [0.15, 0.2) is 0 Å². The topological polar surface area (TPSA) is 17.8 Å². The molecule has 2 heterocycles. The highest BCUT2D eigenvalue weighted by Gasteiger charge is 2.17. The second-order valence-corrected chi connectivity index (χ2v) is 8.46. The summed E-state index contributed by atoms with van der Waals surface area (Å²) < 4.78 is 2.15. The minimum atomic E-state index is 0.632.